The van der Waals surface area contributed by atoms with Gasteiger partial charge in [-0.3, -0.25) is 9.59 Å². The normalized spacial score (nSPS) is 16.2. The molecule has 19 heavy (non-hydrogen) atoms. The van der Waals surface area contributed by atoms with E-state index in [1.54, 1.807) is 0 Å². The van der Waals surface area contributed by atoms with Gasteiger partial charge in [-0.25, -0.2) is 4.90 Å². The molecule has 2 amide bonds. The summed E-state index contributed by atoms with van der Waals surface area (Å²) in [5.41, 5.74) is 0.688. The molecule has 3 rings (SSSR count). The molecule has 1 aliphatic heterocycles. The van der Waals surface area contributed by atoms with Gasteiger partial charge >= 0.3 is 0 Å². The maximum absolute atomic E-state index is 12.0. The minimum absolute atomic E-state index is 0.108. The van der Waals surface area contributed by atoms with Crippen LogP contribution < -0.4 is 4.90 Å². The van der Waals surface area contributed by atoms with Crippen LogP contribution in [0.3, 0.4) is 0 Å². The zero-order valence-electron chi connectivity index (χ0n) is 10.2. The van der Waals surface area contributed by atoms with E-state index in [0.29, 0.717) is 24.9 Å². The van der Waals surface area contributed by atoms with Crippen LogP contribution in [0, 0.1) is 0 Å². The third kappa shape index (κ3) is 2.06. The topological polar surface area (TPSA) is 37.4 Å². The first kappa shape index (κ1) is 12.4. The first-order chi connectivity index (χ1) is 9.18. The Morgan fingerprint density at radius 2 is 1.53 bits per heavy atom. The second-order valence-corrected chi connectivity index (χ2v) is 5.44. The molecule has 0 saturated carbocycles. The summed E-state index contributed by atoms with van der Waals surface area (Å²) in [7, 11) is 0. The van der Waals surface area contributed by atoms with Crippen LogP contribution in [0.25, 0.3) is 10.8 Å². The minimum atomic E-state index is -0.108. The molecule has 2 aromatic rings. The highest BCUT2D eigenvalue weighted by atomic mass is 79.9. The van der Waals surface area contributed by atoms with Gasteiger partial charge in [0.25, 0.3) is 0 Å². The van der Waals surface area contributed by atoms with Crippen molar-refractivity contribution in [3.8, 4) is 0 Å². The molecule has 1 heterocycles. The maximum Gasteiger partial charge on any atom is 0.233 e. The summed E-state index contributed by atoms with van der Waals surface area (Å²) in [4.78, 5) is 25.4. The predicted molar refractivity (Wildman–Crippen MR) is 78.0 cm³/mol. The number of halogens is 1. The van der Waals surface area contributed by atoms with E-state index in [1.807, 2.05) is 36.4 Å². The Balaban J connectivity index is 2.22. The van der Waals surface area contributed by atoms with Crippen molar-refractivity contribution in [3.63, 3.8) is 0 Å². The smallest absolute Gasteiger partial charge is 0.233 e. The fourth-order valence-corrected chi connectivity index (χ4v) is 2.94. The largest absolute Gasteiger partial charge is 0.274 e. The zero-order valence-corrected chi connectivity index (χ0v) is 11.8. The monoisotopic (exact) mass is 317 g/mol. The number of imide groups is 1. The molecule has 1 saturated heterocycles. The Hall–Kier alpha value is -1.68. The molecule has 0 aromatic heterocycles. The van der Waals surface area contributed by atoms with E-state index < -0.39 is 0 Å². The quantitative estimate of drug-likeness (QED) is 0.753. The standard InChI is InChI=1S/C15H12BrNO2/c16-12-8-9-13(11-5-2-1-4-10(11)12)17-14(18)6-3-7-15(17)19/h1-2,4-5,8-9H,3,6-7H2. The molecule has 2 aromatic carbocycles. The Kier molecular flexibility index (Phi) is 3.11. The lowest BCUT2D eigenvalue weighted by Gasteiger charge is -2.26. The van der Waals surface area contributed by atoms with Crippen LogP contribution in [0.2, 0.25) is 0 Å². The molecule has 0 spiro atoms. The highest BCUT2D eigenvalue weighted by Crippen LogP contribution is 2.34. The van der Waals surface area contributed by atoms with Gasteiger partial charge in [-0.05, 0) is 23.9 Å². The van der Waals surface area contributed by atoms with Gasteiger partial charge in [0.15, 0.2) is 0 Å². The van der Waals surface area contributed by atoms with Gasteiger partial charge in [0.2, 0.25) is 11.8 Å². The number of amides is 2. The van der Waals surface area contributed by atoms with Gasteiger partial charge in [-0.2, -0.15) is 0 Å². The average Bonchev–Trinajstić information content (AvgIpc) is 2.41. The third-order valence-corrected chi connectivity index (χ3v) is 4.06. The second-order valence-electron chi connectivity index (χ2n) is 4.59. The average molecular weight is 318 g/mol. The number of anilines is 1. The van der Waals surface area contributed by atoms with E-state index in [0.717, 1.165) is 15.2 Å². The number of carbonyl (C=O) groups excluding carboxylic acids is 2. The van der Waals surface area contributed by atoms with E-state index in [-0.39, 0.29) is 11.8 Å². The molecular formula is C15H12BrNO2. The Morgan fingerprint density at radius 1 is 0.895 bits per heavy atom. The van der Waals surface area contributed by atoms with Gasteiger partial charge < -0.3 is 0 Å². The van der Waals surface area contributed by atoms with Crippen molar-refractivity contribution >= 4 is 44.2 Å². The van der Waals surface area contributed by atoms with Crippen LogP contribution in [0.1, 0.15) is 19.3 Å². The van der Waals surface area contributed by atoms with Crippen molar-refractivity contribution in [2.75, 3.05) is 4.90 Å². The number of carbonyl (C=O) groups is 2. The third-order valence-electron chi connectivity index (χ3n) is 3.37. The van der Waals surface area contributed by atoms with Crippen molar-refractivity contribution in [2.24, 2.45) is 0 Å². The maximum atomic E-state index is 12.0. The second kappa shape index (κ2) is 4.78. The number of fused-ring (bicyclic) bond motifs is 1. The molecule has 4 heteroatoms. The zero-order chi connectivity index (χ0) is 13.4. The summed E-state index contributed by atoms with van der Waals surface area (Å²) in [6, 6.07) is 11.5. The number of piperidine rings is 1. The van der Waals surface area contributed by atoms with Crippen molar-refractivity contribution in [2.45, 2.75) is 19.3 Å². The van der Waals surface area contributed by atoms with Crippen LogP contribution in [0.5, 0.6) is 0 Å². The van der Waals surface area contributed by atoms with Gasteiger partial charge in [-0.15, -0.1) is 0 Å². The van der Waals surface area contributed by atoms with Crippen molar-refractivity contribution in [1.29, 1.82) is 0 Å². The number of hydrogen-bond acceptors (Lipinski definition) is 2. The summed E-state index contributed by atoms with van der Waals surface area (Å²) < 4.78 is 0.962. The lowest BCUT2D eigenvalue weighted by molar-refractivity contribution is -0.128. The van der Waals surface area contributed by atoms with Gasteiger partial charge in [0, 0.05) is 22.7 Å². The van der Waals surface area contributed by atoms with E-state index >= 15 is 0 Å². The van der Waals surface area contributed by atoms with E-state index in [2.05, 4.69) is 15.9 Å². The lowest BCUT2D eigenvalue weighted by atomic mass is 10.0. The Bertz CT molecular complexity index is 665. The number of benzene rings is 2. The predicted octanol–water partition coefficient (Wildman–Crippen LogP) is 3.65. The van der Waals surface area contributed by atoms with Crippen LogP contribution in [0.4, 0.5) is 5.69 Å². The molecule has 0 aliphatic carbocycles. The van der Waals surface area contributed by atoms with Crippen LogP contribution in [-0.2, 0) is 9.59 Å². The minimum Gasteiger partial charge on any atom is -0.274 e. The van der Waals surface area contributed by atoms with E-state index in [4.69, 9.17) is 0 Å². The van der Waals surface area contributed by atoms with Crippen molar-refractivity contribution in [1.82, 2.24) is 0 Å². The Morgan fingerprint density at radius 3 is 2.21 bits per heavy atom. The fraction of sp³-hybridized carbons (Fsp3) is 0.200. The van der Waals surface area contributed by atoms with Gasteiger partial charge in [0.1, 0.15) is 0 Å². The number of nitrogens with zero attached hydrogens (tertiary/aromatic N) is 1. The highest BCUT2D eigenvalue weighted by molar-refractivity contribution is 9.10. The highest BCUT2D eigenvalue weighted by Gasteiger charge is 2.28. The molecule has 0 bridgehead atoms. The molecule has 96 valence electrons. The summed E-state index contributed by atoms with van der Waals surface area (Å²) >= 11 is 3.50. The first-order valence-electron chi connectivity index (χ1n) is 6.21. The molecule has 0 radical (unpaired) electrons. The van der Waals surface area contributed by atoms with Crippen LogP contribution in [-0.4, -0.2) is 11.8 Å². The lowest BCUT2D eigenvalue weighted by Crippen LogP contribution is -2.40. The van der Waals surface area contributed by atoms with Crippen LogP contribution in [0.15, 0.2) is 40.9 Å². The van der Waals surface area contributed by atoms with Crippen molar-refractivity contribution in [3.05, 3.63) is 40.9 Å². The van der Waals surface area contributed by atoms with E-state index in [9.17, 15) is 9.59 Å². The van der Waals surface area contributed by atoms with E-state index in [1.165, 1.54) is 4.90 Å². The molecular weight excluding hydrogens is 306 g/mol. The SMILES string of the molecule is O=C1CCCC(=O)N1c1ccc(Br)c2ccccc12. The summed E-state index contributed by atoms with van der Waals surface area (Å²) in [6.45, 7) is 0. The first-order valence-corrected chi connectivity index (χ1v) is 7.01. The van der Waals surface area contributed by atoms with Gasteiger partial charge in [0.05, 0.1) is 5.69 Å². The molecule has 1 aliphatic rings. The number of hydrogen-bond donors (Lipinski definition) is 0. The molecule has 1 fully saturated rings. The fourth-order valence-electron chi connectivity index (χ4n) is 2.46. The number of rotatable bonds is 1. The van der Waals surface area contributed by atoms with Gasteiger partial charge in [-0.1, -0.05) is 40.2 Å². The summed E-state index contributed by atoms with van der Waals surface area (Å²) in [5.74, 6) is -0.215. The Labute approximate surface area is 119 Å². The summed E-state index contributed by atoms with van der Waals surface area (Å²) in [5, 5.41) is 1.92. The molecule has 0 N–H and O–H groups in total. The molecule has 0 atom stereocenters. The van der Waals surface area contributed by atoms with Crippen LogP contribution >= 0.6 is 15.9 Å². The molecule has 3 nitrogen and oxygen atoms in total. The summed E-state index contributed by atoms with van der Waals surface area (Å²) in [6.07, 6.45) is 1.54. The molecule has 0 unspecified atom stereocenters. The van der Waals surface area contributed by atoms with Crippen molar-refractivity contribution < 1.29 is 9.59 Å².